The summed E-state index contributed by atoms with van der Waals surface area (Å²) in [4.78, 5) is 3.05. The lowest BCUT2D eigenvalue weighted by molar-refractivity contribution is 0.415. The van der Waals surface area contributed by atoms with Crippen molar-refractivity contribution in [2.45, 2.75) is 6.54 Å². The van der Waals surface area contributed by atoms with Gasteiger partial charge in [0.1, 0.15) is 17.4 Å². The van der Waals surface area contributed by atoms with Crippen LogP contribution < -0.4 is 4.74 Å². The number of methoxy groups -OCH3 is 1. The maximum Gasteiger partial charge on any atom is 0.178 e. The Balaban J connectivity index is 2.08. The van der Waals surface area contributed by atoms with Crippen molar-refractivity contribution in [3.8, 4) is 5.75 Å². The van der Waals surface area contributed by atoms with E-state index in [4.69, 9.17) is 17.0 Å². The molecule has 1 heterocycles. The fourth-order valence-electron chi connectivity index (χ4n) is 2.25. The minimum atomic E-state index is -0.594. The molecule has 0 aliphatic heterocycles. The molecule has 1 N–H and O–H groups in total. The molecule has 0 radical (unpaired) electrons. The summed E-state index contributed by atoms with van der Waals surface area (Å²) in [6, 6.07) is 9.01. The predicted octanol–water partition coefficient (Wildman–Crippen LogP) is 4.03. The number of benzene rings is 2. The number of ether oxygens (including phenoxy) is 1. The van der Waals surface area contributed by atoms with Gasteiger partial charge in [-0.25, -0.2) is 8.78 Å². The Kier molecular flexibility index (Phi) is 3.47. The van der Waals surface area contributed by atoms with E-state index in [1.54, 1.807) is 11.7 Å². The molecular formula is C15H12F2N2OS. The fourth-order valence-corrected chi connectivity index (χ4v) is 2.52. The molecule has 0 amide bonds. The number of nitrogens with one attached hydrogen (secondary N) is 1. The van der Waals surface area contributed by atoms with Gasteiger partial charge in [-0.15, -0.1) is 0 Å². The largest absolute Gasteiger partial charge is 0.497 e. The van der Waals surface area contributed by atoms with Crippen molar-refractivity contribution in [1.29, 1.82) is 0 Å². The average Bonchev–Trinajstić information content (AvgIpc) is 2.77. The molecule has 1 aromatic heterocycles. The second kappa shape index (κ2) is 5.29. The number of rotatable bonds is 3. The summed E-state index contributed by atoms with van der Waals surface area (Å²) >= 11 is 5.27. The first-order valence-electron chi connectivity index (χ1n) is 6.29. The molecule has 3 rings (SSSR count). The van der Waals surface area contributed by atoms with Gasteiger partial charge >= 0.3 is 0 Å². The Labute approximate surface area is 124 Å². The van der Waals surface area contributed by atoms with Gasteiger partial charge < -0.3 is 14.3 Å². The first kappa shape index (κ1) is 13.8. The second-order valence-electron chi connectivity index (χ2n) is 4.64. The highest BCUT2D eigenvalue weighted by atomic mass is 32.1. The predicted molar refractivity (Wildman–Crippen MR) is 79.1 cm³/mol. The molecule has 3 nitrogen and oxygen atoms in total. The molecule has 0 aliphatic carbocycles. The van der Waals surface area contributed by atoms with Gasteiger partial charge in [0.25, 0.3) is 0 Å². The number of nitrogens with zero attached hydrogens (tertiary/aromatic N) is 1. The highest BCUT2D eigenvalue weighted by molar-refractivity contribution is 7.71. The van der Waals surface area contributed by atoms with E-state index in [9.17, 15) is 8.78 Å². The normalized spacial score (nSPS) is 11.0. The van der Waals surface area contributed by atoms with Crippen molar-refractivity contribution in [1.82, 2.24) is 9.55 Å². The van der Waals surface area contributed by atoms with E-state index in [-0.39, 0.29) is 6.54 Å². The van der Waals surface area contributed by atoms with Crippen molar-refractivity contribution < 1.29 is 13.5 Å². The van der Waals surface area contributed by atoms with Crippen molar-refractivity contribution in [2.24, 2.45) is 0 Å². The minimum Gasteiger partial charge on any atom is -0.497 e. The molecule has 0 unspecified atom stereocenters. The maximum absolute atomic E-state index is 13.8. The van der Waals surface area contributed by atoms with Crippen LogP contribution in [0, 0.1) is 16.4 Å². The molecule has 108 valence electrons. The van der Waals surface area contributed by atoms with E-state index < -0.39 is 11.6 Å². The van der Waals surface area contributed by atoms with E-state index in [0.29, 0.717) is 16.1 Å². The Morgan fingerprint density at radius 3 is 2.71 bits per heavy atom. The number of aromatic nitrogens is 2. The van der Waals surface area contributed by atoms with E-state index in [1.807, 2.05) is 18.2 Å². The average molecular weight is 306 g/mol. The topological polar surface area (TPSA) is 29.9 Å². The zero-order valence-electron chi connectivity index (χ0n) is 11.2. The quantitative estimate of drug-likeness (QED) is 0.740. The lowest BCUT2D eigenvalue weighted by Gasteiger charge is -2.07. The monoisotopic (exact) mass is 306 g/mol. The van der Waals surface area contributed by atoms with Crippen LogP contribution in [-0.2, 0) is 6.54 Å². The van der Waals surface area contributed by atoms with Gasteiger partial charge in [-0.3, -0.25) is 0 Å². The molecule has 6 heteroatoms. The lowest BCUT2D eigenvalue weighted by atomic mass is 10.2. The summed E-state index contributed by atoms with van der Waals surface area (Å²) < 4.78 is 34.1. The summed E-state index contributed by atoms with van der Waals surface area (Å²) in [5.41, 5.74) is 2.02. The van der Waals surface area contributed by atoms with Crippen LogP contribution in [0.15, 0.2) is 36.4 Å². The van der Waals surface area contributed by atoms with Gasteiger partial charge in [0, 0.05) is 17.7 Å². The van der Waals surface area contributed by atoms with Crippen molar-refractivity contribution in [3.63, 3.8) is 0 Å². The van der Waals surface area contributed by atoms with Crippen LogP contribution in [-0.4, -0.2) is 16.7 Å². The van der Waals surface area contributed by atoms with Gasteiger partial charge in [-0.1, -0.05) is 6.07 Å². The molecule has 0 saturated carbocycles. The Hall–Kier alpha value is -2.21. The van der Waals surface area contributed by atoms with Crippen LogP contribution in [0.25, 0.3) is 11.0 Å². The maximum atomic E-state index is 13.8. The molecule has 0 atom stereocenters. The van der Waals surface area contributed by atoms with Gasteiger partial charge in [0.2, 0.25) is 0 Å². The zero-order valence-corrected chi connectivity index (χ0v) is 12.0. The summed E-state index contributed by atoms with van der Waals surface area (Å²) in [6.45, 7) is 0.233. The molecule has 2 aromatic carbocycles. The Morgan fingerprint density at radius 1 is 1.19 bits per heavy atom. The molecule has 0 saturated heterocycles. The van der Waals surface area contributed by atoms with Crippen LogP contribution in [0.3, 0.4) is 0 Å². The van der Waals surface area contributed by atoms with E-state index in [1.165, 1.54) is 12.1 Å². The van der Waals surface area contributed by atoms with Crippen molar-refractivity contribution >= 4 is 23.3 Å². The minimum absolute atomic E-state index is 0.233. The van der Waals surface area contributed by atoms with Gasteiger partial charge in [-0.05, 0) is 30.4 Å². The zero-order chi connectivity index (χ0) is 15.0. The molecule has 0 fully saturated rings. The number of fused-ring (bicyclic) bond motifs is 1. The number of imidazole rings is 1. The highest BCUT2D eigenvalue weighted by Crippen LogP contribution is 2.22. The smallest absolute Gasteiger partial charge is 0.178 e. The Bertz CT molecular complexity index is 870. The van der Waals surface area contributed by atoms with Crippen molar-refractivity contribution in [3.05, 3.63) is 58.4 Å². The van der Waals surface area contributed by atoms with E-state index >= 15 is 0 Å². The van der Waals surface area contributed by atoms with Gasteiger partial charge in [-0.2, -0.15) is 0 Å². The number of hydrogen-bond donors (Lipinski definition) is 1. The Morgan fingerprint density at radius 2 is 2.00 bits per heavy atom. The highest BCUT2D eigenvalue weighted by Gasteiger charge is 2.09. The molecule has 21 heavy (non-hydrogen) atoms. The number of hydrogen-bond acceptors (Lipinski definition) is 2. The summed E-state index contributed by atoms with van der Waals surface area (Å²) in [5.74, 6) is -0.470. The fraction of sp³-hybridized carbons (Fsp3) is 0.133. The van der Waals surface area contributed by atoms with Crippen LogP contribution >= 0.6 is 12.2 Å². The molecule has 0 spiro atoms. The third-order valence-electron chi connectivity index (χ3n) is 3.32. The van der Waals surface area contributed by atoms with Crippen LogP contribution in [0.1, 0.15) is 5.56 Å². The molecular weight excluding hydrogens is 294 g/mol. The SMILES string of the molecule is COc1ccc2c(c1)[nH]c(=S)n2Cc1ccc(F)cc1F. The third-order valence-corrected chi connectivity index (χ3v) is 3.65. The van der Waals surface area contributed by atoms with Gasteiger partial charge in [0.05, 0.1) is 24.7 Å². The second-order valence-corrected chi connectivity index (χ2v) is 5.02. The number of halogens is 2. The standard InChI is InChI=1S/C15H12F2N2OS/c1-20-11-4-5-14-13(7-11)18-15(21)19(14)8-9-2-3-10(16)6-12(9)17/h2-7H,8H2,1H3,(H,18,21). The van der Waals surface area contributed by atoms with E-state index in [0.717, 1.165) is 17.1 Å². The van der Waals surface area contributed by atoms with Crippen LogP contribution in [0.2, 0.25) is 0 Å². The number of aromatic amines is 1. The van der Waals surface area contributed by atoms with Crippen LogP contribution in [0.5, 0.6) is 5.75 Å². The van der Waals surface area contributed by atoms with E-state index in [2.05, 4.69) is 4.98 Å². The summed E-state index contributed by atoms with van der Waals surface area (Å²) in [7, 11) is 1.58. The third kappa shape index (κ3) is 2.54. The first-order chi connectivity index (χ1) is 10.1. The van der Waals surface area contributed by atoms with Crippen molar-refractivity contribution in [2.75, 3.05) is 7.11 Å². The molecule has 0 bridgehead atoms. The summed E-state index contributed by atoms with van der Waals surface area (Å²) in [5, 5.41) is 0. The first-order valence-corrected chi connectivity index (χ1v) is 6.70. The molecule has 3 aromatic rings. The molecule has 0 aliphatic rings. The van der Waals surface area contributed by atoms with Crippen LogP contribution in [0.4, 0.5) is 8.78 Å². The lowest BCUT2D eigenvalue weighted by Crippen LogP contribution is -2.02. The van der Waals surface area contributed by atoms with Gasteiger partial charge in [0.15, 0.2) is 4.77 Å². The number of H-pyrrole nitrogens is 1. The summed E-state index contributed by atoms with van der Waals surface area (Å²) in [6.07, 6.45) is 0.